The summed E-state index contributed by atoms with van der Waals surface area (Å²) < 4.78 is 0. The smallest absolute Gasteiger partial charge is 0.230 e. The maximum absolute atomic E-state index is 12.1. The monoisotopic (exact) mass is 397 g/mol. The van der Waals surface area contributed by atoms with Crippen LogP contribution in [0, 0.1) is 11.8 Å². The number of nitrogen functional groups attached to an aromatic ring is 1. The standard InChI is InChI=1S/C19H16ClN5OS/c20-15-7-3-2-6-14(15)11-17(26)23-16-10-9-13(12-22-16)5-1-4-8-18-24-25-19(21)27-18/h2-3,6-7,9-10,12H,4,8,11H2,(H2,21,25)(H,22,23,26). The summed E-state index contributed by atoms with van der Waals surface area (Å²) in [7, 11) is 0. The highest BCUT2D eigenvalue weighted by Gasteiger charge is 2.07. The molecule has 0 atom stereocenters. The second kappa shape index (κ2) is 9.12. The second-order valence-electron chi connectivity index (χ2n) is 5.58. The topological polar surface area (TPSA) is 93.8 Å². The summed E-state index contributed by atoms with van der Waals surface area (Å²) in [6.45, 7) is 0. The zero-order chi connectivity index (χ0) is 19.1. The van der Waals surface area contributed by atoms with Crippen LogP contribution >= 0.6 is 22.9 Å². The van der Waals surface area contributed by atoms with Crippen LogP contribution in [0.1, 0.15) is 22.6 Å². The van der Waals surface area contributed by atoms with Crippen LogP contribution in [-0.4, -0.2) is 21.1 Å². The van der Waals surface area contributed by atoms with Crippen molar-refractivity contribution in [1.82, 2.24) is 15.2 Å². The molecular weight excluding hydrogens is 382 g/mol. The molecule has 3 aromatic rings. The normalized spacial score (nSPS) is 10.1. The number of benzene rings is 1. The van der Waals surface area contributed by atoms with Crippen LogP contribution in [0.2, 0.25) is 5.02 Å². The first kappa shape index (κ1) is 18.8. The molecule has 0 bridgehead atoms. The molecule has 8 heteroatoms. The first-order valence-corrected chi connectivity index (χ1v) is 9.35. The number of hydrogen-bond donors (Lipinski definition) is 2. The highest BCUT2D eigenvalue weighted by Crippen LogP contribution is 2.16. The van der Waals surface area contributed by atoms with E-state index in [1.54, 1.807) is 18.3 Å². The number of nitrogens with two attached hydrogens (primary N) is 1. The Hall–Kier alpha value is -2.95. The summed E-state index contributed by atoms with van der Waals surface area (Å²) in [5.74, 6) is 6.40. The second-order valence-corrected chi connectivity index (χ2v) is 7.09. The molecule has 1 amide bonds. The fourth-order valence-corrected chi connectivity index (χ4v) is 3.06. The van der Waals surface area contributed by atoms with E-state index < -0.39 is 0 Å². The van der Waals surface area contributed by atoms with E-state index in [2.05, 4.69) is 32.3 Å². The van der Waals surface area contributed by atoms with Gasteiger partial charge in [0.05, 0.1) is 6.42 Å². The maximum atomic E-state index is 12.1. The van der Waals surface area contributed by atoms with Gasteiger partial charge in [0, 0.05) is 29.6 Å². The van der Waals surface area contributed by atoms with Crippen molar-refractivity contribution in [2.75, 3.05) is 11.1 Å². The van der Waals surface area contributed by atoms with Gasteiger partial charge in [-0.3, -0.25) is 4.79 Å². The Balaban J connectivity index is 1.50. The molecule has 3 N–H and O–H groups in total. The summed E-state index contributed by atoms with van der Waals surface area (Å²) in [6.07, 6.45) is 3.19. The van der Waals surface area contributed by atoms with E-state index in [4.69, 9.17) is 17.3 Å². The van der Waals surface area contributed by atoms with Gasteiger partial charge in [-0.1, -0.05) is 53.0 Å². The van der Waals surface area contributed by atoms with Crippen LogP contribution < -0.4 is 11.1 Å². The summed E-state index contributed by atoms with van der Waals surface area (Å²) in [4.78, 5) is 16.3. The lowest BCUT2D eigenvalue weighted by atomic mass is 10.1. The number of carbonyl (C=O) groups is 1. The molecule has 0 radical (unpaired) electrons. The molecule has 0 unspecified atom stereocenters. The number of nitrogens with one attached hydrogen (secondary N) is 1. The number of anilines is 2. The van der Waals surface area contributed by atoms with Crippen LogP contribution in [0.15, 0.2) is 42.6 Å². The Kier molecular flexibility index (Phi) is 6.36. The summed E-state index contributed by atoms with van der Waals surface area (Å²) >= 11 is 7.44. The zero-order valence-corrected chi connectivity index (χ0v) is 15.8. The van der Waals surface area contributed by atoms with E-state index in [1.807, 2.05) is 24.3 Å². The predicted molar refractivity (Wildman–Crippen MR) is 108 cm³/mol. The van der Waals surface area contributed by atoms with Crippen molar-refractivity contribution in [2.24, 2.45) is 0 Å². The molecule has 0 aliphatic rings. The van der Waals surface area contributed by atoms with Gasteiger partial charge in [0.15, 0.2) is 0 Å². The van der Waals surface area contributed by atoms with Gasteiger partial charge >= 0.3 is 0 Å². The van der Waals surface area contributed by atoms with E-state index in [9.17, 15) is 4.79 Å². The molecule has 2 heterocycles. The Morgan fingerprint density at radius 1 is 1.22 bits per heavy atom. The number of halogens is 1. The number of carbonyl (C=O) groups excluding carboxylic acids is 1. The number of nitrogens with zero attached hydrogens (tertiary/aromatic N) is 3. The fourth-order valence-electron chi connectivity index (χ4n) is 2.25. The van der Waals surface area contributed by atoms with Crippen LogP contribution in [0.5, 0.6) is 0 Å². The van der Waals surface area contributed by atoms with Gasteiger partial charge in [0.2, 0.25) is 11.0 Å². The highest BCUT2D eigenvalue weighted by molar-refractivity contribution is 7.15. The van der Waals surface area contributed by atoms with Crippen molar-refractivity contribution < 1.29 is 4.79 Å². The summed E-state index contributed by atoms with van der Waals surface area (Å²) in [6, 6.07) is 10.8. The van der Waals surface area contributed by atoms with Gasteiger partial charge in [-0.15, -0.1) is 10.2 Å². The number of pyridine rings is 1. The third kappa shape index (κ3) is 5.78. The molecule has 2 aromatic heterocycles. The van der Waals surface area contributed by atoms with Crippen molar-refractivity contribution in [3.05, 3.63) is 63.8 Å². The Labute approximate surface area is 165 Å². The van der Waals surface area contributed by atoms with Crippen LogP contribution in [0.4, 0.5) is 10.9 Å². The molecule has 0 aliphatic heterocycles. The van der Waals surface area contributed by atoms with Gasteiger partial charge in [-0.2, -0.15) is 0 Å². The van der Waals surface area contributed by atoms with Gasteiger partial charge in [-0.05, 0) is 23.8 Å². The van der Waals surface area contributed by atoms with Crippen molar-refractivity contribution in [3.63, 3.8) is 0 Å². The molecule has 136 valence electrons. The molecule has 3 rings (SSSR count). The molecular formula is C19H16ClN5OS. The van der Waals surface area contributed by atoms with Crippen molar-refractivity contribution in [1.29, 1.82) is 0 Å². The number of rotatable bonds is 5. The van der Waals surface area contributed by atoms with E-state index in [0.29, 0.717) is 28.8 Å². The van der Waals surface area contributed by atoms with E-state index in [0.717, 1.165) is 16.1 Å². The Bertz CT molecular complexity index is 991. The lowest BCUT2D eigenvalue weighted by Crippen LogP contribution is -2.15. The van der Waals surface area contributed by atoms with Crippen molar-refractivity contribution in [3.8, 4) is 11.8 Å². The molecule has 6 nitrogen and oxygen atoms in total. The first-order chi connectivity index (χ1) is 13.1. The van der Waals surface area contributed by atoms with Gasteiger partial charge < -0.3 is 11.1 Å². The molecule has 1 aromatic carbocycles. The minimum Gasteiger partial charge on any atom is -0.374 e. The van der Waals surface area contributed by atoms with Crippen molar-refractivity contribution in [2.45, 2.75) is 19.3 Å². The van der Waals surface area contributed by atoms with Gasteiger partial charge in [-0.25, -0.2) is 4.98 Å². The van der Waals surface area contributed by atoms with Crippen LogP contribution in [-0.2, 0) is 17.6 Å². The lowest BCUT2D eigenvalue weighted by Gasteiger charge is -2.05. The predicted octanol–water partition coefficient (Wildman–Crippen LogP) is 3.33. The number of aromatic nitrogens is 3. The van der Waals surface area contributed by atoms with E-state index >= 15 is 0 Å². The zero-order valence-electron chi connectivity index (χ0n) is 14.3. The van der Waals surface area contributed by atoms with Gasteiger partial charge in [0.1, 0.15) is 10.8 Å². The maximum Gasteiger partial charge on any atom is 0.230 e. The summed E-state index contributed by atoms with van der Waals surface area (Å²) in [5, 5.41) is 12.4. The lowest BCUT2D eigenvalue weighted by molar-refractivity contribution is -0.115. The van der Waals surface area contributed by atoms with Crippen LogP contribution in [0.25, 0.3) is 0 Å². The molecule has 0 spiro atoms. The third-order valence-electron chi connectivity index (χ3n) is 3.52. The van der Waals surface area contributed by atoms with E-state index in [1.165, 1.54) is 11.3 Å². The SMILES string of the molecule is Nc1nnc(CCC#Cc2ccc(NC(=O)Cc3ccccc3Cl)nc2)s1. The Morgan fingerprint density at radius 2 is 2.07 bits per heavy atom. The Morgan fingerprint density at radius 3 is 2.78 bits per heavy atom. The molecule has 0 saturated heterocycles. The first-order valence-electron chi connectivity index (χ1n) is 8.16. The molecule has 0 aliphatic carbocycles. The minimum absolute atomic E-state index is 0.175. The summed E-state index contributed by atoms with van der Waals surface area (Å²) in [5.41, 5.74) is 7.09. The number of aryl methyl sites for hydroxylation is 1. The molecule has 0 fully saturated rings. The van der Waals surface area contributed by atoms with E-state index in [-0.39, 0.29) is 12.3 Å². The fraction of sp³-hybridized carbons (Fsp3) is 0.158. The number of hydrogen-bond acceptors (Lipinski definition) is 6. The average Bonchev–Trinajstić information content (AvgIpc) is 3.07. The minimum atomic E-state index is -0.175. The average molecular weight is 398 g/mol. The van der Waals surface area contributed by atoms with Crippen molar-refractivity contribution >= 4 is 39.8 Å². The van der Waals surface area contributed by atoms with Gasteiger partial charge in [0.25, 0.3) is 0 Å². The quantitative estimate of drug-likeness (QED) is 0.644. The molecule has 27 heavy (non-hydrogen) atoms. The number of amides is 1. The molecule has 0 saturated carbocycles. The third-order valence-corrected chi connectivity index (χ3v) is 4.70. The highest BCUT2D eigenvalue weighted by atomic mass is 35.5. The largest absolute Gasteiger partial charge is 0.374 e. The van der Waals surface area contributed by atoms with Crippen LogP contribution in [0.3, 0.4) is 0 Å².